The molecular weight excluding hydrogens is 958 g/mol. The fourth-order valence-electron chi connectivity index (χ4n) is 13.3. The Morgan fingerprint density at radius 1 is 0.354 bits per heavy atom. The molecule has 12 rings (SSSR count). The van der Waals surface area contributed by atoms with E-state index >= 15 is 0 Å². The molecule has 0 unspecified atom stereocenters. The van der Waals surface area contributed by atoms with Gasteiger partial charge in [-0.15, -0.1) is 0 Å². The van der Waals surface area contributed by atoms with Gasteiger partial charge in [0.05, 0.1) is 0 Å². The first kappa shape index (κ1) is 52.9. The van der Waals surface area contributed by atoms with Crippen molar-refractivity contribution >= 4 is 57.2 Å². The predicted molar refractivity (Wildman–Crippen MR) is 337 cm³/mol. The summed E-state index contributed by atoms with van der Waals surface area (Å²) in [7, 11) is 0. The van der Waals surface area contributed by atoms with E-state index < -0.39 is 0 Å². The molecule has 0 spiro atoms. The molecule has 0 amide bonds. The van der Waals surface area contributed by atoms with Gasteiger partial charge in [-0.05, 0) is 157 Å². The minimum Gasteiger partial charge on any atom is -0.311 e. The van der Waals surface area contributed by atoms with Crippen molar-refractivity contribution in [1.82, 2.24) is 15.0 Å². The van der Waals surface area contributed by atoms with Crippen LogP contribution in [0.5, 0.6) is 0 Å². The van der Waals surface area contributed by atoms with Gasteiger partial charge in [0, 0.05) is 50.8 Å². The SMILES string of the molecule is CC(C)(C)c1cc(N2c3ccc(C4CCCCC4)cc3B3c4cc(C5CCCCC5)ccc4N(c4cc(C(C)(C)C)cc(C(C)(C)C)c4)c4cc(-c5nc(-c6ccccc6)nc(-c6ccccc6)n5)cc2c43)cc(C(C)(C)C)c1. The fraction of sp³-hybridized carbons (Fsp3) is 0.384. The molecule has 0 saturated heterocycles. The number of rotatable bonds is 7. The second kappa shape index (κ2) is 20.1. The van der Waals surface area contributed by atoms with Crippen LogP contribution in [0.15, 0.2) is 146 Å². The van der Waals surface area contributed by atoms with Gasteiger partial charge in [-0.25, -0.2) is 15.0 Å². The molecule has 2 saturated carbocycles. The van der Waals surface area contributed by atoms with E-state index in [1.807, 2.05) is 0 Å². The number of fused-ring (bicyclic) bond motifs is 4. The van der Waals surface area contributed by atoms with Crippen LogP contribution >= 0.6 is 0 Å². The Balaban J connectivity index is 1.23. The highest BCUT2D eigenvalue weighted by Crippen LogP contribution is 2.50. The summed E-state index contributed by atoms with van der Waals surface area (Å²) in [5.41, 5.74) is 22.2. The quantitative estimate of drug-likeness (QED) is 0.149. The zero-order valence-corrected chi connectivity index (χ0v) is 49.4. The summed E-state index contributed by atoms with van der Waals surface area (Å²) in [6.45, 7) is 28.3. The van der Waals surface area contributed by atoms with Crippen LogP contribution < -0.4 is 26.2 Å². The van der Waals surface area contributed by atoms with Gasteiger partial charge in [0.1, 0.15) is 0 Å². The largest absolute Gasteiger partial charge is 0.311 e. The number of aromatic nitrogens is 3. The van der Waals surface area contributed by atoms with Crippen LogP contribution in [-0.2, 0) is 21.7 Å². The third kappa shape index (κ3) is 10.2. The lowest BCUT2D eigenvalue weighted by Gasteiger charge is -2.45. The molecule has 5 nitrogen and oxygen atoms in total. The monoisotopic (exact) mass is 1040 g/mol. The average molecular weight is 1040 g/mol. The average Bonchev–Trinajstić information content (AvgIpc) is 2.41. The summed E-state index contributed by atoms with van der Waals surface area (Å²) in [6.07, 6.45) is 12.8. The predicted octanol–water partition coefficient (Wildman–Crippen LogP) is 18.2. The summed E-state index contributed by atoms with van der Waals surface area (Å²) in [6, 6.07) is 56.0. The van der Waals surface area contributed by atoms with E-state index in [0.717, 1.165) is 16.7 Å². The third-order valence-electron chi connectivity index (χ3n) is 18.0. The number of hydrogen-bond acceptors (Lipinski definition) is 5. The first-order chi connectivity index (χ1) is 37.7. The van der Waals surface area contributed by atoms with E-state index in [9.17, 15) is 0 Å². The van der Waals surface area contributed by atoms with Gasteiger partial charge < -0.3 is 9.80 Å². The van der Waals surface area contributed by atoms with E-state index in [1.54, 1.807) is 0 Å². The van der Waals surface area contributed by atoms with Crippen LogP contribution in [0.25, 0.3) is 34.2 Å². The maximum absolute atomic E-state index is 5.50. The standard InChI is InChI=1S/C73H82BN5/c1-70(2,3)54-41-55(71(4,5)6)44-58(43-54)78-62-35-33-51(47-25-17-13-18-26-47)37-60(62)74-61-38-52(48-27-19-14-20-28-48)34-36-63(61)79(59-45-56(72(7,8)9)42-57(46-59)73(10,11)12)65-40-53(39-64(78)66(65)74)69-76-67(49-29-21-15-22-30-49)75-68(77-69)50-31-23-16-24-32-50/h15-16,21-24,29-48H,13-14,17-20,25-28H2,1-12H3. The summed E-state index contributed by atoms with van der Waals surface area (Å²) < 4.78 is 0. The van der Waals surface area contributed by atoms with Gasteiger partial charge in [0.15, 0.2) is 17.5 Å². The molecule has 0 N–H and O–H groups in total. The van der Waals surface area contributed by atoms with Crippen LogP contribution in [0.1, 0.15) is 193 Å². The number of hydrogen-bond donors (Lipinski definition) is 0. The Bertz CT molecular complexity index is 3280. The van der Waals surface area contributed by atoms with Gasteiger partial charge >= 0.3 is 0 Å². The van der Waals surface area contributed by atoms with Crippen LogP contribution in [0.3, 0.4) is 0 Å². The van der Waals surface area contributed by atoms with E-state index in [0.29, 0.717) is 29.3 Å². The highest BCUT2D eigenvalue weighted by Gasteiger charge is 2.45. The minimum absolute atomic E-state index is 0.0254. The molecule has 0 radical (unpaired) electrons. The van der Waals surface area contributed by atoms with E-state index in [1.165, 1.54) is 148 Å². The van der Waals surface area contributed by atoms with Gasteiger partial charge in [-0.3, -0.25) is 0 Å². The second-order valence-corrected chi connectivity index (χ2v) is 27.9. The van der Waals surface area contributed by atoms with Crippen LogP contribution in [0.2, 0.25) is 0 Å². The van der Waals surface area contributed by atoms with Crippen molar-refractivity contribution in [2.45, 2.75) is 181 Å². The van der Waals surface area contributed by atoms with Gasteiger partial charge in [-0.2, -0.15) is 0 Å². The van der Waals surface area contributed by atoms with Crippen molar-refractivity contribution < 1.29 is 0 Å². The molecule has 2 fully saturated rings. The Hall–Kier alpha value is -6.79. The fourth-order valence-corrected chi connectivity index (χ4v) is 13.3. The zero-order valence-electron chi connectivity index (χ0n) is 49.4. The molecule has 2 aliphatic carbocycles. The van der Waals surface area contributed by atoms with Crippen molar-refractivity contribution in [3.8, 4) is 34.2 Å². The molecular formula is C73H82BN5. The maximum Gasteiger partial charge on any atom is 0.252 e. The van der Waals surface area contributed by atoms with Gasteiger partial charge in [0.25, 0.3) is 6.71 Å². The van der Waals surface area contributed by atoms with Gasteiger partial charge in [-0.1, -0.05) is 219 Å². The number of nitrogens with zero attached hydrogens (tertiary/aromatic N) is 5. The number of anilines is 6. The summed E-state index contributed by atoms with van der Waals surface area (Å²) in [5.74, 6) is 3.07. The minimum atomic E-state index is -0.0933. The molecule has 0 bridgehead atoms. The van der Waals surface area contributed by atoms with Crippen LogP contribution in [0.4, 0.5) is 34.1 Å². The Morgan fingerprint density at radius 3 is 1.04 bits per heavy atom. The molecule has 1 aromatic heterocycles. The van der Waals surface area contributed by atoms with Crippen molar-refractivity contribution in [3.63, 3.8) is 0 Å². The van der Waals surface area contributed by atoms with E-state index in [-0.39, 0.29) is 28.4 Å². The lowest BCUT2D eigenvalue weighted by molar-refractivity contribution is 0.444. The Morgan fingerprint density at radius 2 is 0.696 bits per heavy atom. The van der Waals surface area contributed by atoms with Crippen molar-refractivity contribution in [2.75, 3.05) is 9.80 Å². The molecule has 0 atom stereocenters. The summed E-state index contributed by atoms with van der Waals surface area (Å²) in [5, 5.41) is 0. The zero-order chi connectivity index (χ0) is 55.2. The third-order valence-corrected chi connectivity index (χ3v) is 18.0. The van der Waals surface area contributed by atoms with E-state index in [2.05, 4.69) is 238 Å². The summed E-state index contributed by atoms with van der Waals surface area (Å²) >= 11 is 0. The van der Waals surface area contributed by atoms with Gasteiger partial charge in [0.2, 0.25) is 0 Å². The molecule has 8 aromatic rings. The highest BCUT2D eigenvalue weighted by atomic mass is 15.2. The first-order valence-corrected chi connectivity index (χ1v) is 29.9. The topological polar surface area (TPSA) is 45.2 Å². The lowest BCUT2D eigenvalue weighted by atomic mass is 9.33. The first-order valence-electron chi connectivity index (χ1n) is 29.9. The molecule has 4 aliphatic rings. The van der Waals surface area contributed by atoms with E-state index in [4.69, 9.17) is 15.0 Å². The summed E-state index contributed by atoms with van der Waals surface area (Å²) in [4.78, 5) is 21.5. The van der Waals surface area contributed by atoms with Crippen molar-refractivity contribution in [1.29, 1.82) is 0 Å². The second-order valence-electron chi connectivity index (χ2n) is 27.9. The molecule has 6 heteroatoms. The molecule has 2 aliphatic heterocycles. The van der Waals surface area contributed by atoms with Crippen LogP contribution in [-0.4, -0.2) is 21.7 Å². The lowest BCUT2D eigenvalue weighted by Crippen LogP contribution is -2.61. The molecule has 79 heavy (non-hydrogen) atoms. The Labute approximate surface area is 473 Å². The van der Waals surface area contributed by atoms with Crippen LogP contribution in [0, 0.1) is 0 Å². The Kier molecular flexibility index (Phi) is 13.4. The molecule has 3 heterocycles. The molecule has 402 valence electrons. The highest BCUT2D eigenvalue weighted by molar-refractivity contribution is 7.00. The molecule has 7 aromatic carbocycles. The number of benzene rings is 7. The maximum atomic E-state index is 5.50. The smallest absolute Gasteiger partial charge is 0.252 e. The van der Waals surface area contributed by atoms with Crippen molar-refractivity contribution in [3.05, 3.63) is 179 Å². The van der Waals surface area contributed by atoms with Crippen molar-refractivity contribution in [2.24, 2.45) is 0 Å². The normalized spacial score (nSPS) is 16.2.